The molecule has 1 N–H and O–H groups in total. The predicted octanol–water partition coefficient (Wildman–Crippen LogP) is 3.17. The minimum atomic E-state index is 0.456. The Morgan fingerprint density at radius 1 is 1.14 bits per heavy atom. The van der Waals surface area contributed by atoms with Crippen LogP contribution in [0.2, 0.25) is 0 Å². The van der Waals surface area contributed by atoms with E-state index in [1.165, 1.54) is 5.56 Å². The molecular formula is C17H22N2O2. The number of aromatic nitrogens is 1. The van der Waals surface area contributed by atoms with Crippen LogP contribution in [0.4, 0.5) is 0 Å². The quantitative estimate of drug-likeness (QED) is 0.849. The Balaban J connectivity index is 2.02. The number of hydrogen-bond donors (Lipinski definition) is 1. The van der Waals surface area contributed by atoms with E-state index < -0.39 is 0 Å². The first-order chi connectivity index (χ1) is 10.2. The summed E-state index contributed by atoms with van der Waals surface area (Å²) < 4.78 is 11.2. The van der Waals surface area contributed by atoms with Crippen LogP contribution in [0.25, 0.3) is 0 Å². The number of ether oxygens (including phenoxy) is 2. The van der Waals surface area contributed by atoms with Crippen molar-refractivity contribution < 1.29 is 9.47 Å². The van der Waals surface area contributed by atoms with E-state index >= 15 is 0 Å². The Hall–Kier alpha value is -2.07. The lowest BCUT2D eigenvalue weighted by Gasteiger charge is -2.13. The molecule has 0 saturated carbocycles. The standard InChI is InChI=1S/C17H22N2O2/c1-13(2)19-11-14-6-7-16(17(9-14)20-3)21-12-15-5-4-8-18-10-15/h4-10,13,19H,11-12H2,1-3H3. The molecule has 1 aromatic heterocycles. The van der Waals surface area contributed by atoms with Crippen LogP contribution in [0.3, 0.4) is 0 Å². The molecule has 0 aliphatic rings. The lowest BCUT2D eigenvalue weighted by molar-refractivity contribution is 0.284. The molecule has 1 heterocycles. The van der Waals surface area contributed by atoms with Crippen LogP contribution in [0.1, 0.15) is 25.0 Å². The summed E-state index contributed by atoms with van der Waals surface area (Å²) >= 11 is 0. The van der Waals surface area contributed by atoms with Crippen molar-refractivity contribution in [3.05, 3.63) is 53.9 Å². The normalized spacial score (nSPS) is 10.7. The van der Waals surface area contributed by atoms with Crippen molar-refractivity contribution in [3.63, 3.8) is 0 Å². The highest BCUT2D eigenvalue weighted by atomic mass is 16.5. The summed E-state index contributed by atoms with van der Waals surface area (Å²) in [7, 11) is 1.66. The fraction of sp³-hybridized carbons (Fsp3) is 0.353. The van der Waals surface area contributed by atoms with E-state index in [0.29, 0.717) is 12.6 Å². The van der Waals surface area contributed by atoms with E-state index in [1.54, 1.807) is 19.5 Å². The molecule has 0 unspecified atom stereocenters. The van der Waals surface area contributed by atoms with E-state index in [-0.39, 0.29) is 0 Å². The highest BCUT2D eigenvalue weighted by Gasteiger charge is 2.06. The first-order valence-corrected chi connectivity index (χ1v) is 7.11. The van der Waals surface area contributed by atoms with Gasteiger partial charge in [0, 0.05) is 30.5 Å². The molecule has 0 aliphatic carbocycles. The molecule has 0 fully saturated rings. The molecule has 0 spiro atoms. The summed E-state index contributed by atoms with van der Waals surface area (Å²) in [5, 5.41) is 3.39. The zero-order valence-electron chi connectivity index (χ0n) is 12.8. The van der Waals surface area contributed by atoms with Gasteiger partial charge in [0.1, 0.15) is 6.61 Å². The van der Waals surface area contributed by atoms with Gasteiger partial charge in [0.2, 0.25) is 0 Å². The Kier molecular flexibility index (Phi) is 5.58. The molecule has 0 saturated heterocycles. The molecule has 0 radical (unpaired) electrons. The van der Waals surface area contributed by atoms with Crippen LogP contribution >= 0.6 is 0 Å². The van der Waals surface area contributed by atoms with Gasteiger partial charge in [0.05, 0.1) is 7.11 Å². The van der Waals surface area contributed by atoms with Crippen molar-refractivity contribution in [1.29, 1.82) is 0 Å². The number of rotatable bonds is 7. The van der Waals surface area contributed by atoms with Gasteiger partial charge in [-0.1, -0.05) is 26.0 Å². The van der Waals surface area contributed by atoms with Gasteiger partial charge < -0.3 is 14.8 Å². The van der Waals surface area contributed by atoms with E-state index in [1.807, 2.05) is 24.3 Å². The number of benzene rings is 1. The van der Waals surface area contributed by atoms with Crippen molar-refractivity contribution in [2.45, 2.75) is 33.0 Å². The highest BCUT2D eigenvalue weighted by Crippen LogP contribution is 2.28. The monoisotopic (exact) mass is 286 g/mol. The summed E-state index contributed by atoms with van der Waals surface area (Å²) in [6.45, 7) is 5.55. The number of hydrogen-bond acceptors (Lipinski definition) is 4. The molecule has 2 rings (SSSR count). The third-order valence-corrected chi connectivity index (χ3v) is 3.06. The van der Waals surface area contributed by atoms with Gasteiger partial charge in [-0.25, -0.2) is 0 Å². The van der Waals surface area contributed by atoms with Gasteiger partial charge >= 0.3 is 0 Å². The van der Waals surface area contributed by atoms with E-state index in [0.717, 1.165) is 23.6 Å². The molecule has 0 bridgehead atoms. The maximum absolute atomic E-state index is 5.81. The average molecular weight is 286 g/mol. The lowest BCUT2D eigenvalue weighted by atomic mass is 10.2. The van der Waals surface area contributed by atoms with E-state index in [9.17, 15) is 0 Å². The minimum absolute atomic E-state index is 0.456. The Morgan fingerprint density at radius 3 is 2.67 bits per heavy atom. The van der Waals surface area contributed by atoms with Crippen molar-refractivity contribution in [2.75, 3.05) is 7.11 Å². The molecule has 0 aliphatic heterocycles. The Labute approximate surface area is 126 Å². The van der Waals surface area contributed by atoms with Crippen LogP contribution in [-0.2, 0) is 13.2 Å². The molecule has 4 nitrogen and oxygen atoms in total. The smallest absolute Gasteiger partial charge is 0.161 e. The third kappa shape index (κ3) is 4.76. The highest BCUT2D eigenvalue weighted by molar-refractivity contribution is 5.43. The van der Waals surface area contributed by atoms with Crippen LogP contribution in [0.5, 0.6) is 11.5 Å². The van der Waals surface area contributed by atoms with Gasteiger partial charge in [-0.05, 0) is 23.8 Å². The molecule has 0 amide bonds. The van der Waals surface area contributed by atoms with Gasteiger partial charge in [0.15, 0.2) is 11.5 Å². The fourth-order valence-corrected chi connectivity index (χ4v) is 1.91. The Morgan fingerprint density at radius 2 is 2.00 bits per heavy atom. The second-order valence-electron chi connectivity index (χ2n) is 5.17. The topological polar surface area (TPSA) is 43.4 Å². The van der Waals surface area contributed by atoms with Gasteiger partial charge in [-0.15, -0.1) is 0 Å². The number of pyridine rings is 1. The maximum atomic E-state index is 5.81. The fourth-order valence-electron chi connectivity index (χ4n) is 1.91. The number of methoxy groups -OCH3 is 1. The average Bonchev–Trinajstić information content (AvgIpc) is 2.52. The van der Waals surface area contributed by atoms with Crippen LogP contribution in [0, 0.1) is 0 Å². The molecule has 2 aromatic rings. The number of nitrogens with zero attached hydrogens (tertiary/aromatic N) is 1. The van der Waals surface area contributed by atoms with Crippen molar-refractivity contribution >= 4 is 0 Å². The van der Waals surface area contributed by atoms with E-state index in [2.05, 4.69) is 30.2 Å². The van der Waals surface area contributed by atoms with E-state index in [4.69, 9.17) is 9.47 Å². The van der Waals surface area contributed by atoms with Crippen LogP contribution in [-0.4, -0.2) is 18.1 Å². The molecule has 4 heteroatoms. The summed E-state index contributed by atoms with van der Waals surface area (Å²) in [5.74, 6) is 1.50. The molecule has 21 heavy (non-hydrogen) atoms. The summed E-state index contributed by atoms with van der Waals surface area (Å²) in [5.41, 5.74) is 2.21. The second kappa shape index (κ2) is 7.64. The van der Waals surface area contributed by atoms with Gasteiger partial charge in [0.25, 0.3) is 0 Å². The number of nitrogens with one attached hydrogen (secondary N) is 1. The third-order valence-electron chi connectivity index (χ3n) is 3.06. The maximum Gasteiger partial charge on any atom is 0.161 e. The first kappa shape index (κ1) is 15.3. The zero-order chi connectivity index (χ0) is 15.1. The molecular weight excluding hydrogens is 264 g/mol. The van der Waals surface area contributed by atoms with Crippen molar-refractivity contribution in [1.82, 2.24) is 10.3 Å². The predicted molar refractivity (Wildman–Crippen MR) is 83.5 cm³/mol. The van der Waals surface area contributed by atoms with Crippen LogP contribution < -0.4 is 14.8 Å². The molecule has 0 atom stereocenters. The SMILES string of the molecule is COc1cc(CNC(C)C)ccc1OCc1cccnc1. The molecule has 1 aromatic carbocycles. The summed E-state index contributed by atoms with van der Waals surface area (Å²) in [6.07, 6.45) is 3.55. The lowest BCUT2D eigenvalue weighted by Crippen LogP contribution is -2.21. The summed E-state index contributed by atoms with van der Waals surface area (Å²) in [6, 6.07) is 10.4. The van der Waals surface area contributed by atoms with Gasteiger partial charge in [-0.3, -0.25) is 4.98 Å². The Bertz CT molecular complexity index is 556. The summed E-state index contributed by atoms with van der Waals surface area (Å²) in [4.78, 5) is 4.07. The van der Waals surface area contributed by atoms with Crippen LogP contribution in [0.15, 0.2) is 42.7 Å². The largest absolute Gasteiger partial charge is 0.493 e. The second-order valence-corrected chi connectivity index (χ2v) is 5.17. The van der Waals surface area contributed by atoms with Crippen molar-refractivity contribution in [2.24, 2.45) is 0 Å². The van der Waals surface area contributed by atoms with Crippen molar-refractivity contribution in [3.8, 4) is 11.5 Å². The van der Waals surface area contributed by atoms with Gasteiger partial charge in [-0.2, -0.15) is 0 Å². The zero-order valence-corrected chi connectivity index (χ0v) is 12.8. The molecule has 112 valence electrons. The minimum Gasteiger partial charge on any atom is -0.493 e. The first-order valence-electron chi connectivity index (χ1n) is 7.11.